The smallest absolute Gasteiger partial charge is 0.125 e. The molecule has 0 saturated heterocycles. The first-order chi connectivity index (χ1) is 8.60. The third kappa shape index (κ3) is 6.01. The number of nitrogens with two attached hydrogens (primary N) is 1. The van der Waals surface area contributed by atoms with Gasteiger partial charge >= 0.3 is 0 Å². The Hall–Kier alpha value is -1.09. The van der Waals surface area contributed by atoms with Crippen molar-refractivity contribution in [2.75, 3.05) is 6.67 Å². The lowest BCUT2D eigenvalue weighted by molar-refractivity contribution is 0.258. The number of allylic oxidation sites excluding steroid dienone is 3. The van der Waals surface area contributed by atoms with E-state index in [1.165, 1.54) is 5.57 Å². The van der Waals surface area contributed by atoms with Crippen LogP contribution in [0, 0.1) is 0 Å². The second-order valence-electron chi connectivity index (χ2n) is 4.58. The molecule has 18 heavy (non-hydrogen) atoms. The van der Waals surface area contributed by atoms with Crippen LogP contribution in [0.3, 0.4) is 0 Å². The van der Waals surface area contributed by atoms with Crippen LogP contribution in [0.5, 0.6) is 0 Å². The molecule has 0 rings (SSSR count). The lowest BCUT2D eigenvalue weighted by Gasteiger charge is -2.29. The topological polar surface area (TPSA) is 41.6 Å². The number of rotatable bonds is 8. The summed E-state index contributed by atoms with van der Waals surface area (Å²) in [5.41, 5.74) is 7.16. The first-order valence-electron chi connectivity index (χ1n) is 6.93. The van der Waals surface area contributed by atoms with Gasteiger partial charge in [-0.2, -0.15) is 0 Å². The Bertz CT molecular complexity index is 303. The second kappa shape index (κ2) is 9.89. The van der Waals surface area contributed by atoms with Crippen LogP contribution in [0.25, 0.3) is 0 Å². The van der Waals surface area contributed by atoms with Gasteiger partial charge in [0.05, 0.1) is 6.67 Å². The van der Waals surface area contributed by atoms with Crippen LogP contribution in [0.4, 0.5) is 0 Å². The van der Waals surface area contributed by atoms with E-state index >= 15 is 0 Å². The molecule has 0 aliphatic carbocycles. The number of aliphatic imine (C=N–C) groups is 1. The van der Waals surface area contributed by atoms with Crippen molar-refractivity contribution in [1.29, 1.82) is 0 Å². The predicted molar refractivity (Wildman–Crippen MR) is 81.6 cm³/mol. The molecule has 0 aromatic carbocycles. The zero-order valence-electron chi connectivity index (χ0n) is 12.6. The third-order valence-electron chi connectivity index (χ3n) is 3.11. The molecule has 1 atom stereocenters. The van der Waals surface area contributed by atoms with Crippen molar-refractivity contribution in [1.82, 2.24) is 4.90 Å². The summed E-state index contributed by atoms with van der Waals surface area (Å²) in [7, 11) is 0. The maximum Gasteiger partial charge on any atom is 0.125 e. The molecule has 0 aliphatic rings. The monoisotopic (exact) mass is 251 g/mol. The van der Waals surface area contributed by atoms with Crippen molar-refractivity contribution in [2.24, 2.45) is 10.7 Å². The SMILES string of the molecule is C/C=C(/N=C\C=C(/C)CC)N(CN)C(C)CCC. The molecule has 1 unspecified atom stereocenters. The molecule has 0 fully saturated rings. The molecule has 0 amide bonds. The first kappa shape index (κ1) is 16.9. The van der Waals surface area contributed by atoms with Crippen molar-refractivity contribution in [3.05, 3.63) is 23.5 Å². The summed E-state index contributed by atoms with van der Waals surface area (Å²) in [6.45, 7) is 11.2. The van der Waals surface area contributed by atoms with Crippen molar-refractivity contribution >= 4 is 6.21 Å². The van der Waals surface area contributed by atoms with Crippen LogP contribution in [0.15, 0.2) is 28.5 Å². The van der Waals surface area contributed by atoms with Crippen LogP contribution >= 0.6 is 0 Å². The van der Waals surface area contributed by atoms with Crippen molar-refractivity contribution in [3.8, 4) is 0 Å². The quantitative estimate of drug-likeness (QED) is 0.528. The maximum atomic E-state index is 5.83. The molecule has 0 aromatic heterocycles. The zero-order chi connectivity index (χ0) is 14.0. The Balaban J connectivity index is 4.74. The Kier molecular flexibility index (Phi) is 9.29. The minimum absolute atomic E-state index is 0.430. The van der Waals surface area contributed by atoms with Gasteiger partial charge in [0.2, 0.25) is 0 Å². The molecular weight excluding hydrogens is 222 g/mol. The summed E-state index contributed by atoms with van der Waals surface area (Å²) in [4.78, 5) is 6.66. The summed E-state index contributed by atoms with van der Waals surface area (Å²) < 4.78 is 0. The molecule has 2 N–H and O–H groups in total. The molecule has 0 heterocycles. The van der Waals surface area contributed by atoms with E-state index in [1.54, 1.807) is 0 Å². The molecule has 0 saturated carbocycles. The standard InChI is InChI=1S/C15H29N3/c1-6-9-14(5)18(12-16)15(8-3)17-11-10-13(4)7-2/h8,10-11,14H,6-7,9,12,16H2,1-5H3/b13-10+,15-8-,17-11-. The highest BCUT2D eigenvalue weighted by Crippen LogP contribution is 2.13. The minimum Gasteiger partial charge on any atom is -0.342 e. The van der Waals surface area contributed by atoms with Crippen molar-refractivity contribution in [2.45, 2.75) is 59.9 Å². The summed E-state index contributed by atoms with van der Waals surface area (Å²) in [5.74, 6) is 0.957. The normalized spacial score (nSPS) is 15.2. The molecule has 0 spiro atoms. The lowest BCUT2D eigenvalue weighted by atomic mass is 10.2. The molecule has 3 heteroatoms. The highest BCUT2D eigenvalue weighted by Gasteiger charge is 2.12. The van der Waals surface area contributed by atoms with E-state index in [0.717, 1.165) is 25.1 Å². The average Bonchev–Trinajstić information content (AvgIpc) is 2.37. The highest BCUT2D eigenvalue weighted by atomic mass is 15.3. The predicted octanol–water partition coefficient (Wildman–Crippen LogP) is 3.68. The van der Waals surface area contributed by atoms with Crippen LogP contribution in [0.1, 0.15) is 53.9 Å². The Morgan fingerprint density at radius 1 is 1.39 bits per heavy atom. The summed E-state index contributed by atoms with van der Waals surface area (Å²) in [5, 5.41) is 0. The van der Waals surface area contributed by atoms with Gasteiger partial charge in [-0.25, -0.2) is 4.99 Å². The van der Waals surface area contributed by atoms with Gasteiger partial charge in [0.15, 0.2) is 0 Å². The summed E-state index contributed by atoms with van der Waals surface area (Å²) in [6, 6.07) is 0.430. The fraction of sp³-hybridized carbons (Fsp3) is 0.667. The highest BCUT2D eigenvalue weighted by molar-refractivity contribution is 5.73. The van der Waals surface area contributed by atoms with Crippen molar-refractivity contribution < 1.29 is 0 Å². The fourth-order valence-electron chi connectivity index (χ4n) is 1.75. The Morgan fingerprint density at radius 2 is 2.06 bits per heavy atom. The van der Waals surface area contributed by atoms with E-state index in [0.29, 0.717) is 12.7 Å². The van der Waals surface area contributed by atoms with Crippen LogP contribution < -0.4 is 5.73 Å². The van der Waals surface area contributed by atoms with Crippen LogP contribution in [-0.2, 0) is 0 Å². The number of hydrogen-bond acceptors (Lipinski definition) is 3. The van der Waals surface area contributed by atoms with Gasteiger partial charge in [-0.1, -0.05) is 25.8 Å². The van der Waals surface area contributed by atoms with Crippen LogP contribution in [-0.4, -0.2) is 23.8 Å². The zero-order valence-corrected chi connectivity index (χ0v) is 12.6. The minimum atomic E-state index is 0.430. The summed E-state index contributed by atoms with van der Waals surface area (Å²) >= 11 is 0. The van der Waals surface area contributed by atoms with E-state index in [1.807, 2.05) is 19.2 Å². The van der Waals surface area contributed by atoms with E-state index in [4.69, 9.17) is 5.73 Å². The van der Waals surface area contributed by atoms with E-state index in [9.17, 15) is 0 Å². The van der Waals surface area contributed by atoms with Gasteiger partial charge in [0, 0.05) is 12.3 Å². The van der Waals surface area contributed by atoms with Gasteiger partial charge in [-0.3, -0.25) is 0 Å². The van der Waals surface area contributed by atoms with E-state index < -0.39 is 0 Å². The largest absolute Gasteiger partial charge is 0.342 e. The summed E-state index contributed by atoms with van der Waals surface area (Å²) in [6.07, 6.45) is 9.30. The average molecular weight is 251 g/mol. The van der Waals surface area contributed by atoms with Gasteiger partial charge in [0.25, 0.3) is 0 Å². The number of nitrogens with zero attached hydrogens (tertiary/aromatic N) is 2. The second-order valence-corrected chi connectivity index (χ2v) is 4.58. The van der Waals surface area contributed by atoms with Gasteiger partial charge in [0.1, 0.15) is 5.82 Å². The van der Waals surface area contributed by atoms with Crippen LogP contribution in [0.2, 0.25) is 0 Å². The number of hydrogen-bond donors (Lipinski definition) is 1. The molecule has 3 nitrogen and oxygen atoms in total. The van der Waals surface area contributed by atoms with Gasteiger partial charge in [-0.05, 0) is 45.8 Å². The molecule has 0 radical (unpaired) electrons. The molecule has 0 aromatic rings. The van der Waals surface area contributed by atoms with Crippen molar-refractivity contribution in [3.63, 3.8) is 0 Å². The first-order valence-corrected chi connectivity index (χ1v) is 6.93. The van der Waals surface area contributed by atoms with Gasteiger partial charge in [-0.15, -0.1) is 0 Å². The Morgan fingerprint density at radius 3 is 2.50 bits per heavy atom. The van der Waals surface area contributed by atoms with Gasteiger partial charge < -0.3 is 10.6 Å². The van der Waals surface area contributed by atoms with E-state index in [-0.39, 0.29) is 0 Å². The third-order valence-corrected chi connectivity index (χ3v) is 3.11. The fourth-order valence-corrected chi connectivity index (χ4v) is 1.75. The molecule has 104 valence electrons. The molecule has 0 aliphatic heterocycles. The lowest BCUT2D eigenvalue weighted by Crippen LogP contribution is -2.36. The molecular formula is C15H29N3. The molecule has 0 bridgehead atoms. The Labute approximate surface area is 112 Å². The maximum absolute atomic E-state index is 5.83. The van der Waals surface area contributed by atoms with E-state index in [2.05, 4.69) is 43.7 Å².